The number of halogens is 1. The Morgan fingerprint density at radius 1 is 1.27 bits per heavy atom. The molecule has 0 bridgehead atoms. The maximum Gasteiger partial charge on any atom is 0.251 e. The highest BCUT2D eigenvalue weighted by molar-refractivity contribution is 7.89. The normalized spacial score (nSPS) is 15.2. The van der Waals surface area contributed by atoms with Crippen LogP contribution in [-0.2, 0) is 14.8 Å². The van der Waals surface area contributed by atoms with E-state index in [2.05, 4.69) is 10.6 Å². The largest absolute Gasteiger partial charge is 0.495 e. The Balaban J connectivity index is 0.00000338. The number of sulfonamides is 1. The second kappa shape index (κ2) is 10.7. The zero-order valence-corrected chi connectivity index (χ0v) is 16.6. The van der Waals surface area contributed by atoms with Crippen LogP contribution in [0.5, 0.6) is 5.75 Å². The number of ether oxygens (including phenoxy) is 2. The molecule has 1 amide bonds. The number of hydrogen-bond acceptors (Lipinski definition) is 6. The molecule has 1 saturated heterocycles. The van der Waals surface area contributed by atoms with Gasteiger partial charge in [0.1, 0.15) is 10.6 Å². The van der Waals surface area contributed by atoms with Crippen molar-refractivity contribution in [1.29, 1.82) is 0 Å². The Bertz CT molecular complexity index is 693. The number of carbonyl (C=O) groups is 1. The van der Waals surface area contributed by atoms with Gasteiger partial charge in [0.25, 0.3) is 5.91 Å². The molecule has 10 heteroatoms. The van der Waals surface area contributed by atoms with Crippen molar-refractivity contribution in [2.24, 2.45) is 0 Å². The Labute approximate surface area is 160 Å². The van der Waals surface area contributed by atoms with Crippen molar-refractivity contribution in [3.63, 3.8) is 0 Å². The van der Waals surface area contributed by atoms with Crippen LogP contribution in [0, 0.1) is 0 Å². The number of nitrogens with zero attached hydrogens (tertiary/aromatic N) is 1. The molecule has 2 rings (SSSR count). The summed E-state index contributed by atoms with van der Waals surface area (Å²) in [5, 5.41) is 5.78. The topological polar surface area (TPSA) is 97.0 Å². The van der Waals surface area contributed by atoms with Crippen LogP contribution < -0.4 is 15.4 Å². The Kier molecular flexibility index (Phi) is 9.31. The first kappa shape index (κ1) is 22.7. The summed E-state index contributed by atoms with van der Waals surface area (Å²) in [6.45, 7) is 2.58. The van der Waals surface area contributed by atoms with Crippen LogP contribution in [0.1, 0.15) is 16.8 Å². The molecule has 0 aromatic heterocycles. The maximum atomic E-state index is 12.9. The molecule has 1 aromatic carbocycles. The molecule has 0 unspecified atom stereocenters. The van der Waals surface area contributed by atoms with Crippen LogP contribution in [0.4, 0.5) is 0 Å². The number of hydrogen-bond donors (Lipinski definition) is 2. The summed E-state index contributed by atoms with van der Waals surface area (Å²) in [7, 11) is -0.502. The van der Waals surface area contributed by atoms with Crippen LogP contribution >= 0.6 is 12.4 Å². The van der Waals surface area contributed by atoms with Gasteiger partial charge in [-0.1, -0.05) is 0 Å². The van der Waals surface area contributed by atoms with Crippen molar-refractivity contribution in [2.45, 2.75) is 11.3 Å². The lowest BCUT2D eigenvalue weighted by molar-refractivity contribution is 0.0729. The molecule has 1 fully saturated rings. The number of morpholine rings is 1. The first-order valence-electron chi connectivity index (χ1n) is 8.19. The lowest BCUT2D eigenvalue weighted by Crippen LogP contribution is -2.40. The number of nitrogens with one attached hydrogen (secondary N) is 2. The van der Waals surface area contributed by atoms with Crippen molar-refractivity contribution >= 4 is 28.3 Å². The molecule has 0 aliphatic carbocycles. The number of amides is 1. The molecule has 0 spiro atoms. The average molecular weight is 408 g/mol. The number of methoxy groups -OCH3 is 1. The Morgan fingerprint density at radius 2 is 1.96 bits per heavy atom. The van der Waals surface area contributed by atoms with Crippen molar-refractivity contribution < 1.29 is 22.7 Å². The summed E-state index contributed by atoms with van der Waals surface area (Å²) in [5.74, 6) is -0.0876. The summed E-state index contributed by atoms with van der Waals surface area (Å²) in [6.07, 6.45) is 0.789. The summed E-state index contributed by atoms with van der Waals surface area (Å²) >= 11 is 0. The van der Waals surface area contributed by atoms with Crippen LogP contribution in [0.3, 0.4) is 0 Å². The molecular weight excluding hydrogens is 382 g/mol. The second-order valence-corrected chi connectivity index (χ2v) is 7.50. The fraction of sp³-hybridized carbons (Fsp3) is 0.562. The van der Waals surface area contributed by atoms with Crippen LogP contribution in [0.2, 0.25) is 0 Å². The standard InChI is InChI=1S/C16H25N3O5S.ClH/c1-17-6-3-7-18-16(20)13-4-5-14(23-2)15(12-13)25(21,22)19-8-10-24-11-9-19;/h4-5,12,17H,3,6-11H2,1-2H3,(H,18,20);1H. The quantitative estimate of drug-likeness (QED) is 0.608. The zero-order chi connectivity index (χ0) is 18.3. The van der Waals surface area contributed by atoms with E-state index >= 15 is 0 Å². The minimum Gasteiger partial charge on any atom is -0.495 e. The van der Waals surface area contributed by atoms with Gasteiger partial charge in [-0.15, -0.1) is 12.4 Å². The lowest BCUT2D eigenvalue weighted by Gasteiger charge is -2.26. The van der Waals surface area contributed by atoms with E-state index in [0.717, 1.165) is 13.0 Å². The van der Waals surface area contributed by atoms with E-state index in [1.807, 2.05) is 7.05 Å². The molecule has 1 aliphatic rings. The highest BCUT2D eigenvalue weighted by atomic mass is 35.5. The van der Waals surface area contributed by atoms with E-state index in [1.54, 1.807) is 6.07 Å². The third-order valence-corrected chi connectivity index (χ3v) is 5.82. The minimum atomic E-state index is -3.75. The van der Waals surface area contributed by atoms with Crippen LogP contribution in [0.15, 0.2) is 23.1 Å². The Morgan fingerprint density at radius 3 is 2.58 bits per heavy atom. The van der Waals surface area contributed by atoms with Gasteiger partial charge in [0.15, 0.2) is 0 Å². The van der Waals surface area contributed by atoms with Crippen LogP contribution in [0.25, 0.3) is 0 Å². The molecule has 1 heterocycles. The van der Waals surface area contributed by atoms with E-state index in [-0.39, 0.29) is 47.6 Å². The van der Waals surface area contributed by atoms with Gasteiger partial charge in [0, 0.05) is 25.2 Å². The fourth-order valence-corrected chi connectivity index (χ4v) is 4.10. The number of rotatable bonds is 8. The predicted molar refractivity (Wildman–Crippen MR) is 101 cm³/mol. The molecule has 8 nitrogen and oxygen atoms in total. The van der Waals surface area contributed by atoms with E-state index in [9.17, 15) is 13.2 Å². The zero-order valence-electron chi connectivity index (χ0n) is 15.0. The fourth-order valence-electron chi connectivity index (χ4n) is 2.51. The smallest absolute Gasteiger partial charge is 0.251 e. The molecule has 26 heavy (non-hydrogen) atoms. The average Bonchev–Trinajstić information content (AvgIpc) is 2.65. The molecule has 0 saturated carbocycles. The van der Waals surface area contributed by atoms with E-state index in [4.69, 9.17) is 9.47 Å². The van der Waals surface area contributed by atoms with E-state index in [0.29, 0.717) is 19.8 Å². The van der Waals surface area contributed by atoms with Crippen molar-refractivity contribution in [1.82, 2.24) is 14.9 Å². The number of benzene rings is 1. The highest BCUT2D eigenvalue weighted by Crippen LogP contribution is 2.28. The van der Waals surface area contributed by atoms with Gasteiger partial charge in [0.05, 0.1) is 20.3 Å². The molecule has 1 aliphatic heterocycles. The molecule has 1 aromatic rings. The third kappa shape index (κ3) is 5.55. The molecule has 0 atom stereocenters. The van der Waals surface area contributed by atoms with Gasteiger partial charge < -0.3 is 20.1 Å². The minimum absolute atomic E-state index is 0. The monoisotopic (exact) mass is 407 g/mol. The SMILES string of the molecule is CNCCCNC(=O)c1ccc(OC)c(S(=O)(=O)N2CCOCC2)c1.Cl. The predicted octanol–water partition coefficient (Wildman–Crippen LogP) is 0.477. The second-order valence-electron chi connectivity index (χ2n) is 5.60. The first-order valence-corrected chi connectivity index (χ1v) is 9.63. The van der Waals surface area contributed by atoms with E-state index in [1.165, 1.54) is 23.5 Å². The first-order chi connectivity index (χ1) is 12.0. The van der Waals surface area contributed by atoms with Gasteiger partial charge in [-0.3, -0.25) is 4.79 Å². The van der Waals surface area contributed by atoms with Gasteiger partial charge in [-0.25, -0.2) is 8.42 Å². The highest BCUT2D eigenvalue weighted by Gasteiger charge is 2.30. The summed E-state index contributed by atoms with van der Waals surface area (Å²) in [4.78, 5) is 12.3. The maximum absolute atomic E-state index is 12.9. The van der Waals surface area contributed by atoms with Crippen molar-refractivity contribution in [2.75, 3.05) is 53.6 Å². The lowest BCUT2D eigenvalue weighted by atomic mass is 10.2. The van der Waals surface area contributed by atoms with Crippen LogP contribution in [-0.4, -0.2) is 72.2 Å². The van der Waals surface area contributed by atoms with Gasteiger partial charge in [-0.2, -0.15) is 4.31 Å². The van der Waals surface area contributed by atoms with Gasteiger partial charge >= 0.3 is 0 Å². The third-order valence-electron chi connectivity index (χ3n) is 3.90. The van der Waals surface area contributed by atoms with Crippen molar-refractivity contribution in [3.8, 4) is 5.75 Å². The van der Waals surface area contributed by atoms with Gasteiger partial charge in [0.2, 0.25) is 10.0 Å². The van der Waals surface area contributed by atoms with Crippen molar-refractivity contribution in [3.05, 3.63) is 23.8 Å². The Hall–Kier alpha value is -1.39. The number of carbonyl (C=O) groups excluding carboxylic acids is 1. The molecule has 2 N–H and O–H groups in total. The molecular formula is C16H26ClN3O5S. The summed E-state index contributed by atoms with van der Waals surface area (Å²) < 4.78 is 37.5. The van der Waals surface area contributed by atoms with Gasteiger partial charge in [-0.05, 0) is 38.2 Å². The summed E-state index contributed by atoms with van der Waals surface area (Å²) in [5.41, 5.74) is 0.289. The van der Waals surface area contributed by atoms with E-state index < -0.39 is 10.0 Å². The summed E-state index contributed by atoms with van der Waals surface area (Å²) in [6, 6.07) is 4.44. The molecule has 148 valence electrons. The molecule has 0 radical (unpaired) electrons.